The quantitative estimate of drug-likeness (QED) is 0.763. The zero-order valence-corrected chi connectivity index (χ0v) is 18.9. The van der Waals surface area contributed by atoms with Gasteiger partial charge in [-0.3, -0.25) is 14.5 Å². The highest BCUT2D eigenvalue weighted by atomic mass is 16.2. The van der Waals surface area contributed by atoms with E-state index in [-0.39, 0.29) is 17.7 Å². The highest BCUT2D eigenvalue weighted by Crippen LogP contribution is 2.27. The third-order valence-electron chi connectivity index (χ3n) is 6.39. The highest BCUT2D eigenvalue weighted by Gasteiger charge is 2.28. The van der Waals surface area contributed by atoms with Gasteiger partial charge in [-0.1, -0.05) is 6.92 Å². The Balaban J connectivity index is 1.66. The Morgan fingerprint density at radius 3 is 2.60 bits per heavy atom. The van der Waals surface area contributed by atoms with Gasteiger partial charge in [0.15, 0.2) is 0 Å². The molecule has 0 saturated carbocycles. The Kier molecular flexibility index (Phi) is 7.64. The van der Waals surface area contributed by atoms with Crippen molar-refractivity contribution < 1.29 is 9.59 Å². The highest BCUT2D eigenvalue weighted by molar-refractivity contribution is 5.78. The molecule has 1 aromatic heterocycles. The van der Waals surface area contributed by atoms with Crippen LogP contribution < -0.4 is 5.32 Å². The molecule has 166 valence electrons. The van der Waals surface area contributed by atoms with E-state index >= 15 is 0 Å². The number of carbonyl (C=O) groups excluding carboxylic acids is 2. The molecule has 0 radical (unpaired) electrons. The first-order chi connectivity index (χ1) is 14.4. The summed E-state index contributed by atoms with van der Waals surface area (Å²) in [5, 5.41) is 3.10. The maximum absolute atomic E-state index is 12.9. The van der Waals surface area contributed by atoms with Crippen LogP contribution in [-0.2, 0) is 16.1 Å². The standard InChI is InChI=1S/C22H36N6O2/c1-16-7-10-27(11-8-16)15-22(30)28-9-5-6-18(13-28)19-12-20(23-3)25-21(24-19)14-26(4)17(2)29/h12,16,18H,5-11,13-15H2,1-4H3,(H,23,24,25). The van der Waals surface area contributed by atoms with Crippen molar-refractivity contribution in [1.29, 1.82) is 0 Å². The summed E-state index contributed by atoms with van der Waals surface area (Å²) in [4.78, 5) is 39.7. The molecule has 8 nitrogen and oxygen atoms in total. The number of hydrogen-bond donors (Lipinski definition) is 1. The Morgan fingerprint density at radius 1 is 1.20 bits per heavy atom. The fourth-order valence-electron chi connectivity index (χ4n) is 4.21. The lowest BCUT2D eigenvalue weighted by Gasteiger charge is -2.35. The Morgan fingerprint density at radius 2 is 1.93 bits per heavy atom. The number of nitrogens with zero attached hydrogens (tertiary/aromatic N) is 5. The van der Waals surface area contributed by atoms with Crippen LogP contribution >= 0.6 is 0 Å². The minimum absolute atomic E-state index is 0.0171. The summed E-state index contributed by atoms with van der Waals surface area (Å²) in [5.41, 5.74) is 0.950. The summed E-state index contributed by atoms with van der Waals surface area (Å²) < 4.78 is 0. The molecule has 2 aliphatic heterocycles. The van der Waals surface area contributed by atoms with Gasteiger partial charge in [0.05, 0.1) is 18.8 Å². The zero-order chi connectivity index (χ0) is 21.7. The fourth-order valence-corrected chi connectivity index (χ4v) is 4.21. The van der Waals surface area contributed by atoms with E-state index in [1.165, 1.54) is 19.8 Å². The van der Waals surface area contributed by atoms with Crippen LogP contribution in [0.15, 0.2) is 6.07 Å². The summed E-state index contributed by atoms with van der Waals surface area (Å²) in [6.07, 6.45) is 4.35. The van der Waals surface area contributed by atoms with Crippen LogP contribution in [-0.4, -0.2) is 83.3 Å². The van der Waals surface area contributed by atoms with Crippen molar-refractivity contribution in [1.82, 2.24) is 24.7 Å². The normalized spacial score (nSPS) is 20.8. The van der Waals surface area contributed by atoms with Gasteiger partial charge in [-0.15, -0.1) is 0 Å². The molecule has 0 bridgehead atoms. The molecule has 0 spiro atoms. The summed E-state index contributed by atoms with van der Waals surface area (Å²) in [6.45, 7) is 8.30. The molecule has 2 aliphatic rings. The molecular formula is C22H36N6O2. The van der Waals surface area contributed by atoms with Gasteiger partial charge < -0.3 is 15.1 Å². The van der Waals surface area contributed by atoms with Gasteiger partial charge in [0.1, 0.15) is 11.6 Å². The number of rotatable bonds is 6. The lowest BCUT2D eigenvalue weighted by Crippen LogP contribution is -2.46. The Bertz CT molecular complexity index is 747. The summed E-state index contributed by atoms with van der Waals surface area (Å²) in [7, 11) is 3.58. The molecule has 3 rings (SSSR count). The summed E-state index contributed by atoms with van der Waals surface area (Å²) in [5.74, 6) is 2.55. The summed E-state index contributed by atoms with van der Waals surface area (Å²) >= 11 is 0. The van der Waals surface area contributed by atoms with Crippen molar-refractivity contribution in [3.05, 3.63) is 17.6 Å². The van der Waals surface area contributed by atoms with Crippen LogP contribution in [0.4, 0.5) is 5.82 Å². The first-order valence-electron chi connectivity index (χ1n) is 11.1. The van der Waals surface area contributed by atoms with Crippen molar-refractivity contribution >= 4 is 17.6 Å². The van der Waals surface area contributed by atoms with Gasteiger partial charge in [-0.2, -0.15) is 0 Å². The third kappa shape index (κ3) is 5.90. The number of anilines is 1. The van der Waals surface area contributed by atoms with Crippen LogP contribution in [0.1, 0.15) is 57.0 Å². The van der Waals surface area contributed by atoms with E-state index in [2.05, 4.69) is 22.1 Å². The predicted molar refractivity (Wildman–Crippen MR) is 117 cm³/mol. The zero-order valence-electron chi connectivity index (χ0n) is 18.9. The molecule has 0 aromatic carbocycles. The maximum Gasteiger partial charge on any atom is 0.236 e. The first kappa shape index (κ1) is 22.5. The van der Waals surface area contributed by atoms with Crippen molar-refractivity contribution in [2.24, 2.45) is 5.92 Å². The largest absolute Gasteiger partial charge is 0.373 e. The van der Waals surface area contributed by atoms with E-state index < -0.39 is 0 Å². The summed E-state index contributed by atoms with van der Waals surface area (Å²) in [6, 6.07) is 1.97. The third-order valence-corrected chi connectivity index (χ3v) is 6.39. The maximum atomic E-state index is 12.9. The van der Waals surface area contributed by atoms with Crippen LogP contribution in [0.2, 0.25) is 0 Å². The second-order valence-corrected chi connectivity index (χ2v) is 8.86. The number of aromatic nitrogens is 2. The minimum Gasteiger partial charge on any atom is -0.373 e. The topological polar surface area (TPSA) is 81.7 Å². The molecule has 2 fully saturated rings. The van der Waals surface area contributed by atoms with Gasteiger partial charge >= 0.3 is 0 Å². The van der Waals surface area contributed by atoms with Crippen LogP contribution in [0.5, 0.6) is 0 Å². The van der Waals surface area contributed by atoms with Gasteiger partial charge in [0.25, 0.3) is 0 Å². The van der Waals surface area contributed by atoms with Crippen molar-refractivity contribution in [3.8, 4) is 0 Å². The lowest BCUT2D eigenvalue weighted by molar-refractivity contribution is -0.134. The Hall–Kier alpha value is -2.22. The van der Waals surface area contributed by atoms with Crippen LogP contribution in [0, 0.1) is 5.92 Å². The van der Waals surface area contributed by atoms with E-state index in [9.17, 15) is 9.59 Å². The van der Waals surface area contributed by atoms with Gasteiger partial charge in [0.2, 0.25) is 11.8 Å². The number of likely N-dealkylation sites (tertiary alicyclic amines) is 2. The molecule has 30 heavy (non-hydrogen) atoms. The number of nitrogens with one attached hydrogen (secondary N) is 1. The Labute approximate surface area is 180 Å². The molecule has 0 aliphatic carbocycles. The molecule has 2 saturated heterocycles. The number of amides is 2. The SMILES string of the molecule is CNc1cc(C2CCCN(C(=O)CN3CCC(C)CC3)C2)nc(CN(C)C(C)=O)n1. The molecule has 1 N–H and O–H groups in total. The predicted octanol–water partition coefficient (Wildman–Crippen LogP) is 1.93. The number of hydrogen-bond acceptors (Lipinski definition) is 6. The lowest BCUT2D eigenvalue weighted by atomic mass is 9.94. The number of carbonyl (C=O) groups is 2. The molecule has 1 atom stereocenters. The minimum atomic E-state index is -0.0171. The van der Waals surface area contributed by atoms with Crippen LogP contribution in [0.3, 0.4) is 0 Å². The average molecular weight is 417 g/mol. The van der Waals surface area contributed by atoms with E-state index in [1.807, 2.05) is 18.0 Å². The molecular weight excluding hydrogens is 380 g/mol. The molecule has 8 heteroatoms. The molecule has 2 amide bonds. The smallest absolute Gasteiger partial charge is 0.236 e. The van der Waals surface area contributed by atoms with E-state index in [1.54, 1.807) is 11.9 Å². The number of piperidine rings is 2. The monoisotopic (exact) mass is 416 g/mol. The molecule has 3 heterocycles. The van der Waals surface area contributed by atoms with E-state index in [4.69, 9.17) is 4.98 Å². The average Bonchev–Trinajstić information content (AvgIpc) is 2.75. The van der Waals surface area contributed by atoms with Crippen molar-refractivity contribution in [2.75, 3.05) is 52.1 Å². The van der Waals surface area contributed by atoms with E-state index in [0.717, 1.165) is 49.9 Å². The van der Waals surface area contributed by atoms with Crippen molar-refractivity contribution in [3.63, 3.8) is 0 Å². The molecule has 1 aromatic rings. The fraction of sp³-hybridized carbons (Fsp3) is 0.727. The second kappa shape index (κ2) is 10.2. The van der Waals surface area contributed by atoms with Crippen LogP contribution in [0.25, 0.3) is 0 Å². The van der Waals surface area contributed by atoms with Gasteiger partial charge in [0, 0.05) is 46.1 Å². The van der Waals surface area contributed by atoms with Gasteiger partial charge in [-0.25, -0.2) is 9.97 Å². The first-order valence-corrected chi connectivity index (χ1v) is 11.1. The molecule has 1 unspecified atom stereocenters. The van der Waals surface area contributed by atoms with E-state index in [0.29, 0.717) is 25.5 Å². The van der Waals surface area contributed by atoms with Crippen molar-refractivity contribution in [2.45, 2.75) is 52.0 Å². The van der Waals surface area contributed by atoms with Gasteiger partial charge in [-0.05, 0) is 44.7 Å². The second-order valence-electron chi connectivity index (χ2n) is 8.86.